The molecule has 1 amide bonds. The fourth-order valence-corrected chi connectivity index (χ4v) is 2.12. The minimum absolute atomic E-state index is 0.132. The van der Waals surface area contributed by atoms with Crippen LogP contribution in [0.15, 0.2) is 24.3 Å². The van der Waals surface area contributed by atoms with Crippen molar-refractivity contribution in [2.24, 2.45) is 0 Å². The Balaban J connectivity index is 2.26. The van der Waals surface area contributed by atoms with Crippen LogP contribution in [-0.2, 0) is 11.2 Å². The zero-order valence-electron chi connectivity index (χ0n) is 12.8. The van der Waals surface area contributed by atoms with Gasteiger partial charge in [0, 0.05) is 13.0 Å². The highest BCUT2D eigenvalue weighted by molar-refractivity contribution is 5.76. The summed E-state index contributed by atoms with van der Waals surface area (Å²) in [7, 11) is 0. The van der Waals surface area contributed by atoms with Gasteiger partial charge in [-0.1, -0.05) is 44.4 Å². The van der Waals surface area contributed by atoms with Crippen molar-refractivity contribution in [1.82, 2.24) is 5.32 Å². The molecule has 1 aromatic carbocycles. The van der Waals surface area contributed by atoms with Gasteiger partial charge in [0.15, 0.2) is 0 Å². The molecule has 0 atom stereocenters. The van der Waals surface area contributed by atoms with Crippen LogP contribution in [0.5, 0.6) is 5.75 Å². The maximum absolute atomic E-state index is 11.8. The van der Waals surface area contributed by atoms with Gasteiger partial charge in [0.1, 0.15) is 5.75 Å². The maximum atomic E-state index is 11.8. The molecule has 20 heavy (non-hydrogen) atoms. The van der Waals surface area contributed by atoms with Crippen molar-refractivity contribution in [2.75, 3.05) is 13.2 Å². The quantitative estimate of drug-likeness (QED) is 0.662. The second-order valence-corrected chi connectivity index (χ2v) is 4.95. The Bertz CT molecular complexity index is 390. The van der Waals surface area contributed by atoms with Crippen LogP contribution in [0.1, 0.15) is 51.5 Å². The summed E-state index contributed by atoms with van der Waals surface area (Å²) in [5.74, 6) is 1.03. The van der Waals surface area contributed by atoms with E-state index in [1.807, 2.05) is 31.2 Å². The number of unbranched alkanes of at least 4 members (excludes halogenated alkanes) is 3. The minimum Gasteiger partial charge on any atom is -0.494 e. The van der Waals surface area contributed by atoms with Gasteiger partial charge in [0.05, 0.1) is 6.61 Å². The van der Waals surface area contributed by atoms with Crippen LogP contribution < -0.4 is 10.1 Å². The molecule has 1 N–H and O–H groups in total. The molecule has 0 radical (unpaired) electrons. The van der Waals surface area contributed by atoms with E-state index in [9.17, 15) is 4.79 Å². The molecule has 0 aromatic heterocycles. The zero-order valence-corrected chi connectivity index (χ0v) is 12.8. The lowest BCUT2D eigenvalue weighted by Gasteiger charge is -2.10. The Morgan fingerprint density at radius 2 is 1.95 bits per heavy atom. The third-order valence-electron chi connectivity index (χ3n) is 3.25. The molecule has 3 heteroatoms. The fourth-order valence-electron chi connectivity index (χ4n) is 2.12. The first-order chi connectivity index (χ1) is 9.77. The number of para-hydroxylation sites is 1. The largest absolute Gasteiger partial charge is 0.494 e. The molecule has 1 aromatic rings. The summed E-state index contributed by atoms with van der Waals surface area (Å²) in [6.45, 7) is 5.61. The topological polar surface area (TPSA) is 38.3 Å². The molecular weight excluding hydrogens is 250 g/mol. The SMILES string of the molecule is CCCCCCNC(=O)CCc1ccccc1OCC. The monoisotopic (exact) mass is 277 g/mol. The van der Waals surface area contributed by atoms with Crippen molar-refractivity contribution in [3.63, 3.8) is 0 Å². The third kappa shape index (κ3) is 6.60. The summed E-state index contributed by atoms with van der Waals surface area (Å²) in [5, 5.41) is 2.98. The molecule has 0 fully saturated rings. The molecule has 112 valence electrons. The smallest absolute Gasteiger partial charge is 0.220 e. The highest BCUT2D eigenvalue weighted by Gasteiger charge is 2.06. The first kappa shape index (κ1) is 16.5. The number of nitrogens with one attached hydrogen (secondary N) is 1. The zero-order chi connectivity index (χ0) is 14.6. The predicted molar refractivity (Wildman–Crippen MR) is 83.1 cm³/mol. The standard InChI is InChI=1S/C17H27NO2/c1-3-5-6-9-14-18-17(19)13-12-15-10-7-8-11-16(15)20-4-2/h7-8,10-11H,3-6,9,12-14H2,1-2H3,(H,18,19). The normalized spacial score (nSPS) is 10.3. The first-order valence-electron chi connectivity index (χ1n) is 7.75. The van der Waals surface area contributed by atoms with Gasteiger partial charge in [0.2, 0.25) is 5.91 Å². The summed E-state index contributed by atoms with van der Waals surface area (Å²) in [4.78, 5) is 11.8. The summed E-state index contributed by atoms with van der Waals surface area (Å²) in [5.41, 5.74) is 1.11. The van der Waals surface area contributed by atoms with E-state index in [0.717, 1.165) is 30.7 Å². The number of amides is 1. The highest BCUT2D eigenvalue weighted by Crippen LogP contribution is 2.19. The van der Waals surface area contributed by atoms with E-state index in [1.165, 1.54) is 19.3 Å². The van der Waals surface area contributed by atoms with E-state index >= 15 is 0 Å². The second-order valence-electron chi connectivity index (χ2n) is 4.95. The van der Waals surface area contributed by atoms with Crippen molar-refractivity contribution in [2.45, 2.75) is 52.4 Å². The van der Waals surface area contributed by atoms with Crippen molar-refractivity contribution in [1.29, 1.82) is 0 Å². The van der Waals surface area contributed by atoms with Crippen molar-refractivity contribution < 1.29 is 9.53 Å². The van der Waals surface area contributed by atoms with Crippen LogP contribution in [0.4, 0.5) is 0 Å². The summed E-state index contributed by atoms with van der Waals surface area (Å²) < 4.78 is 5.56. The lowest BCUT2D eigenvalue weighted by Crippen LogP contribution is -2.24. The number of carbonyl (C=O) groups excluding carboxylic acids is 1. The van der Waals surface area contributed by atoms with Gasteiger partial charge >= 0.3 is 0 Å². The Morgan fingerprint density at radius 3 is 2.70 bits per heavy atom. The summed E-state index contributed by atoms with van der Waals surface area (Å²) in [6, 6.07) is 7.93. The van der Waals surface area contributed by atoms with Gasteiger partial charge in [-0.15, -0.1) is 0 Å². The van der Waals surface area contributed by atoms with Crippen molar-refractivity contribution in [3.05, 3.63) is 29.8 Å². The number of aryl methyl sites for hydroxylation is 1. The molecule has 0 saturated carbocycles. The number of rotatable bonds is 10. The summed E-state index contributed by atoms with van der Waals surface area (Å²) in [6.07, 6.45) is 6.01. The average Bonchev–Trinajstić information content (AvgIpc) is 2.46. The minimum atomic E-state index is 0.132. The Labute approximate surface area is 122 Å². The van der Waals surface area contributed by atoms with Crippen LogP contribution >= 0.6 is 0 Å². The number of ether oxygens (including phenoxy) is 1. The molecule has 0 unspecified atom stereocenters. The highest BCUT2D eigenvalue weighted by atomic mass is 16.5. The molecule has 0 aliphatic heterocycles. The summed E-state index contributed by atoms with van der Waals surface area (Å²) >= 11 is 0. The van der Waals surface area contributed by atoms with Gasteiger partial charge in [-0.25, -0.2) is 0 Å². The van der Waals surface area contributed by atoms with Gasteiger partial charge in [-0.2, -0.15) is 0 Å². The molecule has 0 heterocycles. The van der Waals surface area contributed by atoms with E-state index in [2.05, 4.69) is 12.2 Å². The van der Waals surface area contributed by atoms with E-state index in [4.69, 9.17) is 4.74 Å². The van der Waals surface area contributed by atoms with Gasteiger partial charge in [-0.3, -0.25) is 4.79 Å². The van der Waals surface area contributed by atoms with E-state index < -0.39 is 0 Å². The molecule has 0 bridgehead atoms. The van der Waals surface area contributed by atoms with Crippen LogP contribution in [0.3, 0.4) is 0 Å². The van der Waals surface area contributed by atoms with E-state index in [0.29, 0.717) is 13.0 Å². The molecule has 0 spiro atoms. The molecule has 0 saturated heterocycles. The number of benzene rings is 1. The van der Waals surface area contributed by atoms with Crippen molar-refractivity contribution in [3.8, 4) is 5.75 Å². The lowest BCUT2D eigenvalue weighted by atomic mass is 10.1. The number of carbonyl (C=O) groups is 1. The van der Waals surface area contributed by atoms with Crippen LogP contribution in [0.25, 0.3) is 0 Å². The van der Waals surface area contributed by atoms with Crippen molar-refractivity contribution >= 4 is 5.91 Å². The Morgan fingerprint density at radius 1 is 1.15 bits per heavy atom. The molecule has 1 rings (SSSR count). The first-order valence-corrected chi connectivity index (χ1v) is 7.75. The van der Waals surface area contributed by atoms with E-state index in [-0.39, 0.29) is 5.91 Å². The van der Waals surface area contributed by atoms with Gasteiger partial charge in [0.25, 0.3) is 0 Å². The molecular formula is C17H27NO2. The molecule has 0 aliphatic carbocycles. The third-order valence-corrected chi connectivity index (χ3v) is 3.25. The van der Waals surface area contributed by atoms with Gasteiger partial charge < -0.3 is 10.1 Å². The Hall–Kier alpha value is -1.51. The lowest BCUT2D eigenvalue weighted by molar-refractivity contribution is -0.121. The second kappa shape index (κ2) is 10.3. The Kier molecular flexibility index (Phi) is 8.52. The molecule has 3 nitrogen and oxygen atoms in total. The predicted octanol–water partition coefficient (Wildman–Crippen LogP) is 3.71. The maximum Gasteiger partial charge on any atom is 0.220 e. The number of hydrogen-bond donors (Lipinski definition) is 1. The van der Waals surface area contributed by atoms with E-state index in [1.54, 1.807) is 0 Å². The van der Waals surface area contributed by atoms with Gasteiger partial charge in [-0.05, 0) is 31.4 Å². The molecule has 0 aliphatic rings. The van der Waals surface area contributed by atoms with Crippen LogP contribution in [-0.4, -0.2) is 19.1 Å². The van der Waals surface area contributed by atoms with Crippen LogP contribution in [0, 0.1) is 0 Å². The fraction of sp³-hybridized carbons (Fsp3) is 0.588. The van der Waals surface area contributed by atoms with Crippen LogP contribution in [0.2, 0.25) is 0 Å². The average molecular weight is 277 g/mol. The number of hydrogen-bond acceptors (Lipinski definition) is 2.